The first kappa shape index (κ1) is 20.5. The number of carbonyl (C=O) groups is 2. The number of hydrogen-bond donors (Lipinski definition) is 2. The van der Waals surface area contributed by atoms with Gasteiger partial charge in [-0.3, -0.25) is 14.5 Å². The summed E-state index contributed by atoms with van der Waals surface area (Å²) >= 11 is 0. The van der Waals surface area contributed by atoms with Gasteiger partial charge in [0, 0.05) is 31.2 Å². The Labute approximate surface area is 172 Å². The Kier molecular flexibility index (Phi) is 5.80. The number of piperidine rings is 1. The minimum atomic E-state index is -0.954. The number of oxazole rings is 1. The van der Waals surface area contributed by atoms with Gasteiger partial charge in [-0.2, -0.15) is 0 Å². The Balaban J connectivity index is 1.44. The van der Waals surface area contributed by atoms with Gasteiger partial charge in [-0.05, 0) is 31.4 Å². The number of halogens is 2. The average molecular weight is 419 g/mol. The smallest absolute Gasteiger partial charge is 0.309 e. The van der Waals surface area contributed by atoms with Gasteiger partial charge in [-0.1, -0.05) is 12.8 Å². The molecular formula is C21H23F2N3O4. The molecule has 1 aromatic heterocycles. The highest BCUT2D eigenvalue weighted by molar-refractivity contribution is 5.90. The van der Waals surface area contributed by atoms with Crippen LogP contribution in [0.5, 0.6) is 0 Å². The molecule has 1 aliphatic carbocycles. The van der Waals surface area contributed by atoms with Crippen LogP contribution in [0, 0.1) is 17.6 Å². The molecule has 0 spiro atoms. The van der Waals surface area contributed by atoms with Crippen molar-refractivity contribution in [1.29, 1.82) is 0 Å². The number of aromatic nitrogens is 1. The summed E-state index contributed by atoms with van der Waals surface area (Å²) < 4.78 is 32.4. The van der Waals surface area contributed by atoms with E-state index in [1.54, 1.807) is 0 Å². The van der Waals surface area contributed by atoms with Gasteiger partial charge >= 0.3 is 11.9 Å². The van der Waals surface area contributed by atoms with Crippen LogP contribution < -0.4 is 5.32 Å². The Bertz CT molecular complexity index is 942. The van der Waals surface area contributed by atoms with E-state index < -0.39 is 35.5 Å². The highest BCUT2D eigenvalue weighted by atomic mass is 19.1. The molecule has 1 amide bonds. The van der Waals surface area contributed by atoms with Crippen LogP contribution in [0.4, 0.5) is 8.78 Å². The van der Waals surface area contributed by atoms with Crippen LogP contribution in [0.2, 0.25) is 0 Å². The van der Waals surface area contributed by atoms with Gasteiger partial charge < -0.3 is 14.8 Å². The summed E-state index contributed by atoms with van der Waals surface area (Å²) in [6.07, 6.45) is 6.20. The van der Waals surface area contributed by atoms with Crippen molar-refractivity contribution in [3.05, 3.63) is 41.9 Å². The number of hydrogen-bond acceptors (Lipinski definition) is 5. The van der Waals surface area contributed by atoms with E-state index in [4.69, 9.17) is 4.42 Å². The summed E-state index contributed by atoms with van der Waals surface area (Å²) in [6.45, 7) is 1.11. The van der Waals surface area contributed by atoms with Crippen LogP contribution in [0.15, 0.2) is 28.8 Å². The van der Waals surface area contributed by atoms with Gasteiger partial charge in [-0.15, -0.1) is 0 Å². The lowest BCUT2D eigenvalue weighted by Gasteiger charge is -2.39. The van der Waals surface area contributed by atoms with Crippen molar-refractivity contribution in [2.75, 3.05) is 13.1 Å². The maximum atomic E-state index is 13.9. The molecule has 9 heteroatoms. The molecule has 2 N–H and O–H groups in total. The molecule has 160 valence electrons. The van der Waals surface area contributed by atoms with Crippen molar-refractivity contribution in [3.8, 4) is 11.3 Å². The molecule has 30 heavy (non-hydrogen) atoms. The second-order valence-electron chi connectivity index (χ2n) is 7.90. The zero-order valence-electron chi connectivity index (χ0n) is 16.3. The number of nitrogens with zero attached hydrogens (tertiary/aromatic N) is 2. The monoisotopic (exact) mass is 419 g/mol. The van der Waals surface area contributed by atoms with E-state index in [-0.39, 0.29) is 17.2 Å². The molecule has 0 bridgehead atoms. The van der Waals surface area contributed by atoms with Crippen molar-refractivity contribution in [2.24, 2.45) is 5.92 Å². The molecule has 2 aliphatic rings. The van der Waals surface area contributed by atoms with Gasteiger partial charge in [0.15, 0.2) is 5.76 Å². The number of aliphatic carboxylic acids is 1. The SMILES string of the molecule is O=C(N[C@H]1CCN(C2CCCC2)C[C@@H]1C(=O)O)c1ncc(-c2ccc(F)cc2F)o1. The molecular weight excluding hydrogens is 396 g/mol. The number of likely N-dealkylation sites (tertiary alicyclic amines) is 1. The molecule has 2 aromatic rings. The summed E-state index contributed by atoms with van der Waals surface area (Å²) in [5.74, 6) is -4.20. The van der Waals surface area contributed by atoms with Gasteiger partial charge in [0.2, 0.25) is 0 Å². The zero-order chi connectivity index (χ0) is 21.3. The van der Waals surface area contributed by atoms with E-state index in [1.165, 1.54) is 25.1 Å². The minimum absolute atomic E-state index is 0.0107. The van der Waals surface area contributed by atoms with Crippen LogP contribution >= 0.6 is 0 Å². The molecule has 1 aliphatic heterocycles. The number of rotatable bonds is 5. The van der Waals surface area contributed by atoms with Crippen molar-refractivity contribution in [1.82, 2.24) is 15.2 Å². The number of carbonyl (C=O) groups excluding carboxylic acids is 1. The molecule has 1 aromatic carbocycles. The first-order valence-electron chi connectivity index (χ1n) is 10.1. The fourth-order valence-corrected chi connectivity index (χ4v) is 4.42. The Hall–Kier alpha value is -2.81. The van der Waals surface area contributed by atoms with E-state index >= 15 is 0 Å². The molecule has 2 heterocycles. The summed E-state index contributed by atoms with van der Waals surface area (Å²) in [7, 11) is 0. The molecule has 7 nitrogen and oxygen atoms in total. The van der Waals surface area contributed by atoms with Gasteiger partial charge in [0.05, 0.1) is 17.7 Å². The van der Waals surface area contributed by atoms with Crippen molar-refractivity contribution >= 4 is 11.9 Å². The van der Waals surface area contributed by atoms with Crippen molar-refractivity contribution in [3.63, 3.8) is 0 Å². The normalized spacial score (nSPS) is 22.9. The lowest BCUT2D eigenvalue weighted by molar-refractivity contribution is -0.145. The minimum Gasteiger partial charge on any atom is -0.481 e. The average Bonchev–Trinajstić information content (AvgIpc) is 3.40. The number of carboxylic acid groups (broad SMARTS) is 1. The number of amides is 1. The van der Waals surface area contributed by atoms with Crippen LogP contribution in [0.3, 0.4) is 0 Å². The number of carboxylic acids is 1. The van der Waals surface area contributed by atoms with E-state index in [0.717, 1.165) is 25.5 Å². The third kappa shape index (κ3) is 4.21. The summed E-state index contributed by atoms with van der Waals surface area (Å²) in [5, 5.41) is 12.4. The third-order valence-corrected chi connectivity index (χ3v) is 6.02. The highest BCUT2D eigenvalue weighted by Gasteiger charge is 2.38. The Morgan fingerprint density at radius 1 is 1.20 bits per heavy atom. The van der Waals surface area contributed by atoms with Crippen molar-refractivity contribution < 1.29 is 27.9 Å². The van der Waals surface area contributed by atoms with Gasteiger partial charge in [-0.25, -0.2) is 13.8 Å². The van der Waals surface area contributed by atoms with Gasteiger partial charge in [0.1, 0.15) is 11.6 Å². The predicted octanol–water partition coefficient (Wildman–Crippen LogP) is 3.07. The Morgan fingerprint density at radius 3 is 2.67 bits per heavy atom. The largest absolute Gasteiger partial charge is 0.481 e. The van der Waals surface area contributed by atoms with E-state index in [2.05, 4.69) is 15.2 Å². The fraction of sp³-hybridized carbons (Fsp3) is 0.476. The number of benzene rings is 1. The number of nitrogens with one attached hydrogen (secondary N) is 1. The molecule has 0 unspecified atom stereocenters. The molecule has 1 saturated carbocycles. The standard InChI is InChI=1S/C21H23F2N3O4/c22-12-5-6-14(16(23)9-12)18-10-24-20(30-18)19(27)25-17-7-8-26(11-15(17)21(28)29)13-3-1-2-4-13/h5-6,9-10,13,15,17H,1-4,7-8,11H2,(H,25,27)(H,28,29)/t15-,17-/m0/s1. The summed E-state index contributed by atoms with van der Waals surface area (Å²) in [5.41, 5.74) is -0.0174. The first-order chi connectivity index (χ1) is 14.4. The molecule has 0 radical (unpaired) electrons. The maximum absolute atomic E-state index is 13.9. The van der Waals surface area contributed by atoms with Crippen molar-refractivity contribution in [2.45, 2.75) is 44.2 Å². The fourth-order valence-electron chi connectivity index (χ4n) is 4.42. The molecule has 2 atom stereocenters. The maximum Gasteiger partial charge on any atom is 0.309 e. The van der Waals surface area contributed by atoms with Crippen LogP contribution in [-0.2, 0) is 4.79 Å². The summed E-state index contributed by atoms with van der Waals surface area (Å²) in [6, 6.07) is 2.86. The van der Waals surface area contributed by atoms with E-state index in [0.29, 0.717) is 25.1 Å². The topological polar surface area (TPSA) is 95.7 Å². The third-order valence-electron chi connectivity index (χ3n) is 6.02. The lowest BCUT2D eigenvalue weighted by Crippen LogP contribution is -2.55. The molecule has 1 saturated heterocycles. The first-order valence-corrected chi connectivity index (χ1v) is 10.1. The van der Waals surface area contributed by atoms with Crippen LogP contribution in [0.25, 0.3) is 11.3 Å². The van der Waals surface area contributed by atoms with E-state index in [1.807, 2.05) is 0 Å². The lowest BCUT2D eigenvalue weighted by atomic mass is 9.90. The second kappa shape index (κ2) is 8.51. The predicted molar refractivity (Wildman–Crippen MR) is 103 cm³/mol. The molecule has 4 rings (SSSR count). The van der Waals surface area contributed by atoms with E-state index in [9.17, 15) is 23.5 Å². The second-order valence-corrected chi connectivity index (χ2v) is 7.90. The quantitative estimate of drug-likeness (QED) is 0.773. The van der Waals surface area contributed by atoms with Crippen LogP contribution in [0.1, 0.15) is 42.8 Å². The van der Waals surface area contributed by atoms with Gasteiger partial charge in [0.25, 0.3) is 5.89 Å². The highest BCUT2D eigenvalue weighted by Crippen LogP contribution is 2.29. The zero-order valence-corrected chi connectivity index (χ0v) is 16.3. The van der Waals surface area contributed by atoms with Crippen LogP contribution in [-0.4, -0.2) is 52.0 Å². The Morgan fingerprint density at radius 2 is 1.97 bits per heavy atom. The molecule has 2 fully saturated rings. The summed E-state index contributed by atoms with van der Waals surface area (Å²) in [4.78, 5) is 30.5.